The summed E-state index contributed by atoms with van der Waals surface area (Å²) in [5.74, 6) is 1.63. The molecule has 84 valence electrons. The van der Waals surface area contributed by atoms with Crippen LogP contribution in [0.15, 0.2) is 29.1 Å². The van der Waals surface area contributed by atoms with Crippen molar-refractivity contribution in [2.45, 2.75) is 26.3 Å². The third kappa shape index (κ3) is 2.21. The van der Waals surface area contributed by atoms with E-state index in [1.54, 1.807) is 12.6 Å². The lowest BCUT2D eigenvalue weighted by Crippen LogP contribution is -2.22. The van der Waals surface area contributed by atoms with E-state index in [2.05, 4.69) is 31.0 Å². The highest BCUT2D eigenvalue weighted by Gasteiger charge is 2.15. The van der Waals surface area contributed by atoms with Crippen LogP contribution >= 0.6 is 0 Å². The lowest BCUT2D eigenvalue weighted by molar-refractivity contribution is 0.393. The first kappa shape index (κ1) is 10.7. The first-order valence-electron chi connectivity index (χ1n) is 5.19. The number of hydrogen-bond acceptors (Lipinski definition) is 3. The van der Waals surface area contributed by atoms with Crippen LogP contribution in [0.3, 0.4) is 0 Å². The van der Waals surface area contributed by atoms with E-state index in [-0.39, 0.29) is 5.54 Å². The van der Waals surface area contributed by atoms with E-state index in [0.717, 1.165) is 11.6 Å². The Kier molecular flexibility index (Phi) is 2.64. The van der Waals surface area contributed by atoms with Gasteiger partial charge in [0.15, 0.2) is 5.82 Å². The fourth-order valence-electron chi connectivity index (χ4n) is 1.42. The molecule has 0 amide bonds. The van der Waals surface area contributed by atoms with Crippen molar-refractivity contribution in [3.63, 3.8) is 0 Å². The quantitative estimate of drug-likeness (QED) is 0.776. The predicted molar refractivity (Wildman–Crippen MR) is 62.7 cm³/mol. The van der Waals surface area contributed by atoms with Gasteiger partial charge >= 0.3 is 0 Å². The Bertz CT molecular complexity index is 475. The second kappa shape index (κ2) is 3.96. The van der Waals surface area contributed by atoms with Crippen molar-refractivity contribution >= 4 is 12.2 Å². The van der Waals surface area contributed by atoms with Gasteiger partial charge in [-0.05, 0) is 45.1 Å². The normalized spacial score (nSPS) is 12.4. The van der Waals surface area contributed by atoms with E-state index >= 15 is 0 Å². The fraction of sp³-hybridized carbons (Fsp3) is 0.333. The molecule has 0 spiro atoms. The van der Waals surface area contributed by atoms with Gasteiger partial charge in [0, 0.05) is 5.54 Å². The Labute approximate surface area is 94.6 Å². The van der Waals surface area contributed by atoms with Crippen LogP contribution in [0.25, 0.3) is 12.2 Å². The molecule has 4 nitrogen and oxygen atoms in total. The van der Waals surface area contributed by atoms with Crippen LogP contribution in [0, 0.1) is 0 Å². The molecule has 2 aromatic heterocycles. The molecule has 0 saturated carbocycles. The molecule has 2 heterocycles. The first-order valence-corrected chi connectivity index (χ1v) is 5.19. The van der Waals surface area contributed by atoms with E-state index in [1.165, 1.54) is 0 Å². The first-order chi connectivity index (χ1) is 7.57. The summed E-state index contributed by atoms with van der Waals surface area (Å²) in [6.45, 7) is 6.34. The van der Waals surface area contributed by atoms with Crippen LogP contribution in [-0.4, -0.2) is 14.8 Å². The number of hydrogen-bond donors (Lipinski definition) is 0. The maximum Gasteiger partial charge on any atom is 0.157 e. The van der Waals surface area contributed by atoms with Crippen LogP contribution in [0.1, 0.15) is 32.4 Å². The predicted octanol–water partition coefficient (Wildman–Crippen LogP) is 2.80. The van der Waals surface area contributed by atoms with Crippen molar-refractivity contribution in [2.24, 2.45) is 0 Å². The van der Waals surface area contributed by atoms with Crippen molar-refractivity contribution in [3.05, 3.63) is 36.3 Å². The third-order valence-corrected chi connectivity index (χ3v) is 2.24. The molecule has 0 aromatic carbocycles. The van der Waals surface area contributed by atoms with Crippen molar-refractivity contribution in [1.29, 1.82) is 0 Å². The van der Waals surface area contributed by atoms with Crippen LogP contribution in [0.5, 0.6) is 0 Å². The van der Waals surface area contributed by atoms with Gasteiger partial charge in [0.2, 0.25) is 0 Å². The Balaban J connectivity index is 2.26. The molecular weight excluding hydrogens is 202 g/mol. The van der Waals surface area contributed by atoms with Crippen LogP contribution in [0.2, 0.25) is 0 Å². The molecule has 0 radical (unpaired) electrons. The van der Waals surface area contributed by atoms with Gasteiger partial charge in [-0.2, -0.15) is 0 Å². The third-order valence-electron chi connectivity index (χ3n) is 2.24. The van der Waals surface area contributed by atoms with E-state index in [0.29, 0.717) is 0 Å². The smallest absolute Gasteiger partial charge is 0.157 e. The Morgan fingerprint density at radius 2 is 2.12 bits per heavy atom. The second-order valence-electron chi connectivity index (χ2n) is 4.58. The number of rotatable bonds is 2. The van der Waals surface area contributed by atoms with Gasteiger partial charge in [-0.3, -0.25) is 0 Å². The van der Waals surface area contributed by atoms with Gasteiger partial charge in [-0.15, -0.1) is 10.2 Å². The van der Waals surface area contributed by atoms with E-state index in [9.17, 15) is 0 Å². The molecule has 0 aliphatic carbocycles. The Morgan fingerprint density at radius 3 is 2.75 bits per heavy atom. The minimum absolute atomic E-state index is 0.0215. The topological polar surface area (TPSA) is 43.9 Å². The highest BCUT2D eigenvalue weighted by atomic mass is 16.3. The van der Waals surface area contributed by atoms with Crippen LogP contribution in [0.4, 0.5) is 0 Å². The van der Waals surface area contributed by atoms with Crippen molar-refractivity contribution in [1.82, 2.24) is 14.8 Å². The zero-order chi connectivity index (χ0) is 11.6. The molecule has 0 atom stereocenters. The molecular formula is C12H15N3O. The Hall–Kier alpha value is -1.84. The molecule has 16 heavy (non-hydrogen) atoms. The lowest BCUT2D eigenvalue weighted by Gasteiger charge is -2.21. The summed E-state index contributed by atoms with van der Waals surface area (Å²) in [6.07, 6.45) is 7.17. The van der Waals surface area contributed by atoms with Gasteiger partial charge in [0.1, 0.15) is 12.1 Å². The number of aromatic nitrogens is 3. The second-order valence-corrected chi connectivity index (χ2v) is 4.58. The molecule has 0 aliphatic heterocycles. The molecule has 2 aromatic rings. The highest BCUT2D eigenvalue weighted by Crippen LogP contribution is 2.16. The molecule has 0 aliphatic rings. The molecule has 4 heteroatoms. The zero-order valence-corrected chi connectivity index (χ0v) is 9.71. The Morgan fingerprint density at radius 1 is 1.31 bits per heavy atom. The summed E-state index contributed by atoms with van der Waals surface area (Å²) in [5, 5.41) is 7.99. The zero-order valence-electron chi connectivity index (χ0n) is 9.71. The molecule has 0 N–H and O–H groups in total. The summed E-state index contributed by atoms with van der Waals surface area (Å²) >= 11 is 0. The van der Waals surface area contributed by atoms with Crippen molar-refractivity contribution in [2.75, 3.05) is 0 Å². The largest absolute Gasteiger partial charge is 0.465 e. The molecule has 0 unspecified atom stereocenters. The average Bonchev–Trinajstić information content (AvgIpc) is 2.85. The average molecular weight is 217 g/mol. The number of furan rings is 1. The van der Waals surface area contributed by atoms with Gasteiger partial charge in [0.05, 0.1) is 6.26 Å². The lowest BCUT2D eigenvalue weighted by atomic mass is 10.1. The van der Waals surface area contributed by atoms with Crippen LogP contribution < -0.4 is 0 Å². The maximum atomic E-state index is 5.21. The standard InChI is InChI=1S/C12H15N3O/c1-12(2,3)15-9-13-14-11(15)7-6-10-5-4-8-16-10/h4-9H,1-3H3/b7-6+. The summed E-state index contributed by atoms with van der Waals surface area (Å²) in [6, 6.07) is 3.75. The van der Waals surface area contributed by atoms with Gasteiger partial charge in [-0.25, -0.2) is 0 Å². The molecule has 0 saturated heterocycles. The number of nitrogens with zero attached hydrogens (tertiary/aromatic N) is 3. The molecule has 2 rings (SSSR count). The monoisotopic (exact) mass is 217 g/mol. The van der Waals surface area contributed by atoms with Crippen LogP contribution in [-0.2, 0) is 5.54 Å². The minimum Gasteiger partial charge on any atom is -0.465 e. The maximum absolute atomic E-state index is 5.21. The van der Waals surface area contributed by atoms with Gasteiger partial charge in [-0.1, -0.05) is 0 Å². The molecule has 0 fully saturated rings. The van der Waals surface area contributed by atoms with E-state index in [4.69, 9.17) is 4.42 Å². The highest BCUT2D eigenvalue weighted by molar-refractivity contribution is 5.63. The minimum atomic E-state index is -0.0215. The summed E-state index contributed by atoms with van der Waals surface area (Å²) in [7, 11) is 0. The SMILES string of the molecule is CC(C)(C)n1cnnc1/C=C/c1ccco1. The summed E-state index contributed by atoms with van der Waals surface area (Å²) < 4.78 is 7.23. The van der Waals surface area contributed by atoms with Crippen molar-refractivity contribution in [3.8, 4) is 0 Å². The van der Waals surface area contributed by atoms with Gasteiger partial charge in [0.25, 0.3) is 0 Å². The van der Waals surface area contributed by atoms with Gasteiger partial charge < -0.3 is 8.98 Å². The fourth-order valence-corrected chi connectivity index (χ4v) is 1.42. The van der Waals surface area contributed by atoms with Crippen molar-refractivity contribution < 1.29 is 4.42 Å². The van der Waals surface area contributed by atoms with E-state index in [1.807, 2.05) is 28.9 Å². The summed E-state index contributed by atoms with van der Waals surface area (Å²) in [4.78, 5) is 0. The molecule has 0 bridgehead atoms. The van der Waals surface area contributed by atoms with E-state index < -0.39 is 0 Å². The summed E-state index contributed by atoms with van der Waals surface area (Å²) in [5.41, 5.74) is -0.0215.